The number of halogens is 1. The Hall–Kier alpha value is -3.72. The van der Waals surface area contributed by atoms with E-state index in [2.05, 4.69) is 20.6 Å². The largest absolute Gasteiger partial charge is 0.497 e. The smallest absolute Gasteiger partial charge is 0.327 e. The van der Waals surface area contributed by atoms with E-state index in [9.17, 15) is 14.3 Å². The molecule has 2 aromatic carbocycles. The van der Waals surface area contributed by atoms with Crippen LogP contribution in [-0.2, 0) is 6.54 Å². The minimum atomic E-state index is -1.01. The minimum absolute atomic E-state index is 0.00406. The van der Waals surface area contributed by atoms with E-state index in [1.165, 1.54) is 17.2 Å². The van der Waals surface area contributed by atoms with E-state index in [0.29, 0.717) is 22.8 Å². The fraction of sp³-hybridized carbons (Fsp3) is 0.292. The monoisotopic (exact) mass is 453 g/mol. The van der Waals surface area contributed by atoms with Crippen LogP contribution in [0.4, 0.5) is 26.6 Å². The number of nitrogens with one attached hydrogen (secondary N) is 2. The number of amides is 2. The summed E-state index contributed by atoms with van der Waals surface area (Å²) in [6.45, 7) is 5.16. The topological polar surface area (TPSA) is 99.6 Å². The first-order chi connectivity index (χ1) is 15.7. The van der Waals surface area contributed by atoms with Crippen molar-refractivity contribution in [3.8, 4) is 5.75 Å². The van der Waals surface area contributed by atoms with Gasteiger partial charge in [0.25, 0.3) is 0 Å². The van der Waals surface area contributed by atoms with Gasteiger partial charge in [-0.3, -0.25) is 0 Å². The minimum Gasteiger partial charge on any atom is -0.497 e. The lowest BCUT2D eigenvalue weighted by molar-refractivity contribution is 0.0646. The summed E-state index contributed by atoms with van der Waals surface area (Å²) in [6, 6.07) is 13.9. The molecule has 1 aromatic heterocycles. The summed E-state index contributed by atoms with van der Waals surface area (Å²) in [5.74, 6) is 0.784. The Morgan fingerprint density at radius 1 is 1.18 bits per heavy atom. The van der Waals surface area contributed by atoms with Gasteiger partial charge in [0.05, 0.1) is 24.4 Å². The molecule has 1 heterocycles. The second-order valence-electron chi connectivity index (χ2n) is 8.04. The molecule has 0 fully saturated rings. The van der Waals surface area contributed by atoms with Gasteiger partial charge in [0.2, 0.25) is 5.95 Å². The molecule has 1 unspecified atom stereocenters. The van der Waals surface area contributed by atoms with Crippen LogP contribution in [0, 0.1) is 5.82 Å². The SMILES string of the molecule is COc1ccc(N(C(=O)NCc2ccccc2F)c2ccnc(NC(C)C(C)(C)O)n2)cc1. The van der Waals surface area contributed by atoms with Gasteiger partial charge in [-0.05, 0) is 51.1 Å². The van der Waals surface area contributed by atoms with E-state index in [1.54, 1.807) is 76.4 Å². The van der Waals surface area contributed by atoms with Crippen molar-refractivity contribution in [2.75, 3.05) is 17.3 Å². The Morgan fingerprint density at radius 3 is 2.52 bits per heavy atom. The first-order valence-electron chi connectivity index (χ1n) is 10.5. The van der Waals surface area contributed by atoms with Crippen LogP contribution in [0.3, 0.4) is 0 Å². The molecular formula is C24H28FN5O3. The van der Waals surface area contributed by atoms with Crippen molar-refractivity contribution in [3.63, 3.8) is 0 Å². The van der Waals surface area contributed by atoms with Gasteiger partial charge in [-0.2, -0.15) is 4.98 Å². The molecule has 0 saturated heterocycles. The van der Waals surface area contributed by atoms with Crippen LogP contribution in [-0.4, -0.2) is 39.9 Å². The fourth-order valence-corrected chi connectivity index (χ4v) is 2.89. The number of hydrogen-bond donors (Lipinski definition) is 3. The Morgan fingerprint density at radius 2 is 1.88 bits per heavy atom. The number of benzene rings is 2. The number of aliphatic hydroxyl groups is 1. The quantitative estimate of drug-likeness (QED) is 0.472. The van der Waals surface area contributed by atoms with Crippen molar-refractivity contribution in [1.82, 2.24) is 15.3 Å². The van der Waals surface area contributed by atoms with Crippen molar-refractivity contribution in [3.05, 3.63) is 72.2 Å². The Kier molecular flexibility index (Phi) is 7.44. The number of ether oxygens (including phenoxy) is 1. The maximum Gasteiger partial charge on any atom is 0.327 e. The molecule has 3 rings (SSSR count). The van der Waals surface area contributed by atoms with E-state index in [4.69, 9.17) is 4.74 Å². The van der Waals surface area contributed by atoms with Crippen LogP contribution >= 0.6 is 0 Å². The molecule has 2 amide bonds. The van der Waals surface area contributed by atoms with Crippen molar-refractivity contribution >= 4 is 23.5 Å². The number of rotatable bonds is 8. The summed E-state index contributed by atoms with van der Waals surface area (Å²) in [4.78, 5) is 23.2. The van der Waals surface area contributed by atoms with Crippen LogP contribution in [0.2, 0.25) is 0 Å². The highest BCUT2D eigenvalue weighted by Gasteiger charge is 2.24. The fourth-order valence-electron chi connectivity index (χ4n) is 2.89. The van der Waals surface area contributed by atoms with E-state index >= 15 is 0 Å². The molecule has 0 spiro atoms. The molecule has 9 heteroatoms. The molecule has 33 heavy (non-hydrogen) atoms. The van der Waals surface area contributed by atoms with Gasteiger partial charge in [0.1, 0.15) is 17.4 Å². The lowest BCUT2D eigenvalue weighted by atomic mass is 10.0. The number of urea groups is 1. The normalized spacial score (nSPS) is 12.1. The molecule has 3 N–H and O–H groups in total. The highest BCUT2D eigenvalue weighted by atomic mass is 19.1. The van der Waals surface area contributed by atoms with Crippen molar-refractivity contribution in [1.29, 1.82) is 0 Å². The maximum atomic E-state index is 14.0. The van der Waals surface area contributed by atoms with Crippen molar-refractivity contribution < 1.29 is 19.0 Å². The molecule has 174 valence electrons. The second kappa shape index (κ2) is 10.3. The molecule has 1 atom stereocenters. The molecule has 0 aliphatic carbocycles. The standard InChI is InChI=1S/C24H28FN5O3/c1-16(24(2,3)32)28-22-26-14-13-21(29-22)30(18-9-11-19(33-4)12-10-18)23(31)27-15-17-7-5-6-8-20(17)25/h5-14,16,32H,15H2,1-4H3,(H,27,31)(H,26,28,29). The zero-order valence-corrected chi connectivity index (χ0v) is 19.0. The van der Waals surface area contributed by atoms with Crippen LogP contribution in [0.25, 0.3) is 0 Å². The predicted octanol–water partition coefficient (Wildman–Crippen LogP) is 4.24. The third-order valence-corrected chi connectivity index (χ3v) is 5.20. The van der Waals surface area contributed by atoms with Crippen molar-refractivity contribution in [2.24, 2.45) is 0 Å². The Bertz CT molecular complexity index is 1090. The number of carbonyl (C=O) groups excluding carboxylic acids is 1. The molecule has 0 aliphatic heterocycles. The lowest BCUT2D eigenvalue weighted by Gasteiger charge is -2.27. The zero-order chi connectivity index (χ0) is 24.0. The van der Waals surface area contributed by atoms with Gasteiger partial charge < -0.3 is 20.5 Å². The average molecular weight is 454 g/mol. The molecular weight excluding hydrogens is 425 g/mol. The summed E-state index contributed by atoms with van der Waals surface area (Å²) in [7, 11) is 1.56. The third kappa shape index (κ3) is 6.17. The van der Waals surface area contributed by atoms with Gasteiger partial charge in [-0.25, -0.2) is 19.1 Å². The molecule has 0 saturated carbocycles. The highest BCUT2D eigenvalue weighted by Crippen LogP contribution is 2.27. The van der Waals surface area contributed by atoms with E-state index < -0.39 is 17.4 Å². The van der Waals surface area contributed by atoms with E-state index in [0.717, 1.165) is 0 Å². The summed E-state index contributed by atoms with van der Waals surface area (Å²) in [5.41, 5.74) is -0.113. The molecule has 0 aliphatic rings. The summed E-state index contributed by atoms with van der Waals surface area (Å²) >= 11 is 0. The van der Waals surface area contributed by atoms with Gasteiger partial charge in [0.15, 0.2) is 0 Å². The number of hydrogen-bond acceptors (Lipinski definition) is 6. The van der Waals surface area contributed by atoms with Gasteiger partial charge in [0, 0.05) is 24.4 Å². The highest BCUT2D eigenvalue weighted by molar-refractivity contribution is 5.98. The lowest BCUT2D eigenvalue weighted by Crippen LogP contribution is -2.40. The van der Waals surface area contributed by atoms with E-state index in [-0.39, 0.29) is 18.5 Å². The summed E-state index contributed by atoms with van der Waals surface area (Å²) < 4.78 is 19.2. The van der Waals surface area contributed by atoms with E-state index in [1.807, 2.05) is 0 Å². The first-order valence-corrected chi connectivity index (χ1v) is 10.5. The van der Waals surface area contributed by atoms with Crippen molar-refractivity contribution in [2.45, 2.75) is 39.0 Å². The number of nitrogens with zero attached hydrogens (tertiary/aromatic N) is 3. The van der Waals surface area contributed by atoms with Crippen LogP contribution < -0.4 is 20.3 Å². The zero-order valence-electron chi connectivity index (χ0n) is 19.0. The molecule has 0 radical (unpaired) electrons. The van der Waals surface area contributed by atoms with Gasteiger partial charge in [-0.15, -0.1) is 0 Å². The Balaban J connectivity index is 1.91. The number of carbonyl (C=O) groups is 1. The molecule has 0 bridgehead atoms. The number of methoxy groups -OCH3 is 1. The molecule has 3 aromatic rings. The average Bonchev–Trinajstić information content (AvgIpc) is 2.79. The first kappa shape index (κ1) is 23.9. The maximum absolute atomic E-state index is 14.0. The van der Waals surface area contributed by atoms with Gasteiger partial charge in [-0.1, -0.05) is 18.2 Å². The molecule has 8 nitrogen and oxygen atoms in total. The Labute approximate surface area is 192 Å². The number of anilines is 3. The second-order valence-corrected chi connectivity index (χ2v) is 8.04. The van der Waals surface area contributed by atoms with Crippen LogP contribution in [0.15, 0.2) is 60.8 Å². The van der Waals surface area contributed by atoms with Gasteiger partial charge >= 0.3 is 6.03 Å². The van der Waals surface area contributed by atoms with Crippen LogP contribution in [0.5, 0.6) is 5.75 Å². The van der Waals surface area contributed by atoms with Crippen LogP contribution in [0.1, 0.15) is 26.3 Å². The number of aromatic nitrogens is 2. The third-order valence-electron chi connectivity index (χ3n) is 5.20. The summed E-state index contributed by atoms with van der Waals surface area (Å²) in [6.07, 6.45) is 1.52. The summed E-state index contributed by atoms with van der Waals surface area (Å²) in [5, 5.41) is 16.0. The predicted molar refractivity (Wildman–Crippen MR) is 125 cm³/mol.